The maximum atomic E-state index is 12.3. The molecule has 0 saturated heterocycles. The standard InChI is InChI=1S/C17H17IN2O5/c1-11-9-13(5-8-15(11)20(23)24)19-16(21)17(2,22)10-25-14-6-3-12(18)4-7-14/h3-9,22H,10H2,1-2H3,(H,19,21)/t17-/m0/s1. The molecule has 2 rings (SSSR count). The van der Waals surface area contributed by atoms with Crippen LogP contribution < -0.4 is 10.1 Å². The Labute approximate surface area is 158 Å². The Balaban J connectivity index is 2.01. The van der Waals surface area contributed by atoms with Gasteiger partial charge >= 0.3 is 0 Å². The highest BCUT2D eigenvalue weighted by atomic mass is 127. The Bertz CT molecular complexity index is 790. The summed E-state index contributed by atoms with van der Waals surface area (Å²) in [6, 6.07) is 11.4. The van der Waals surface area contributed by atoms with Crippen molar-refractivity contribution in [2.24, 2.45) is 0 Å². The van der Waals surface area contributed by atoms with Gasteiger partial charge in [-0.1, -0.05) is 0 Å². The van der Waals surface area contributed by atoms with Crippen LogP contribution in [0.1, 0.15) is 12.5 Å². The molecule has 2 aromatic rings. The Morgan fingerprint density at radius 1 is 1.32 bits per heavy atom. The van der Waals surface area contributed by atoms with Crippen LogP contribution in [-0.2, 0) is 4.79 Å². The number of amides is 1. The second-order valence-electron chi connectivity index (χ2n) is 5.73. The van der Waals surface area contributed by atoms with Crippen molar-refractivity contribution >= 4 is 39.9 Å². The predicted molar refractivity (Wildman–Crippen MR) is 102 cm³/mol. The number of hydrogen-bond donors (Lipinski definition) is 2. The summed E-state index contributed by atoms with van der Waals surface area (Å²) in [6.07, 6.45) is 0. The van der Waals surface area contributed by atoms with Gasteiger partial charge in [0.15, 0.2) is 5.60 Å². The number of nitrogens with zero attached hydrogens (tertiary/aromatic N) is 1. The molecular weight excluding hydrogens is 439 g/mol. The lowest BCUT2D eigenvalue weighted by atomic mass is 10.1. The van der Waals surface area contributed by atoms with E-state index in [-0.39, 0.29) is 12.3 Å². The molecule has 0 fully saturated rings. The van der Waals surface area contributed by atoms with Gasteiger partial charge in [-0.05, 0) is 72.8 Å². The number of benzene rings is 2. The van der Waals surface area contributed by atoms with Crippen LogP contribution in [0.3, 0.4) is 0 Å². The number of anilines is 1. The molecule has 0 bridgehead atoms. The van der Waals surface area contributed by atoms with Crippen molar-refractivity contribution in [3.05, 3.63) is 61.7 Å². The average molecular weight is 456 g/mol. The fourth-order valence-corrected chi connectivity index (χ4v) is 2.38. The first-order valence-corrected chi connectivity index (χ1v) is 8.44. The summed E-state index contributed by atoms with van der Waals surface area (Å²) in [5.41, 5.74) is -1.02. The van der Waals surface area contributed by atoms with Gasteiger partial charge in [0.05, 0.1) is 4.92 Å². The molecule has 8 heteroatoms. The summed E-state index contributed by atoms with van der Waals surface area (Å²) in [5, 5.41) is 23.7. The van der Waals surface area contributed by atoms with Crippen molar-refractivity contribution in [3.63, 3.8) is 0 Å². The highest BCUT2D eigenvalue weighted by molar-refractivity contribution is 14.1. The highest BCUT2D eigenvalue weighted by Gasteiger charge is 2.31. The number of carbonyl (C=O) groups is 1. The fourth-order valence-electron chi connectivity index (χ4n) is 2.02. The first kappa shape index (κ1) is 19.1. The smallest absolute Gasteiger partial charge is 0.272 e. The highest BCUT2D eigenvalue weighted by Crippen LogP contribution is 2.22. The van der Waals surface area contributed by atoms with Crippen LogP contribution >= 0.6 is 22.6 Å². The number of aryl methyl sites for hydroxylation is 1. The van der Waals surface area contributed by atoms with Crippen LogP contribution in [0.2, 0.25) is 0 Å². The molecule has 0 unspecified atom stereocenters. The largest absolute Gasteiger partial charge is 0.490 e. The third-order valence-corrected chi connectivity index (χ3v) is 4.19. The Kier molecular flexibility index (Phi) is 5.96. The van der Waals surface area contributed by atoms with E-state index in [0.29, 0.717) is 17.0 Å². The van der Waals surface area contributed by atoms with Crippen LogP contribution in [-0.4, -0.2) is 28.1 Å². The lowest BCUT2D eigenvalue weighted by molar-refractivity contribution is -0.385. The quantitative estimate of drug-likeness (QED) is 0.395. The molecule has 132 valence electrons. The summed E-state index contributed by atoms with van der Waals surface area (Å²) >= 11 is 2.16. The lowest BCUT2D eigenvalue weighted by Gasteiger charge is -2.22. The first-order chi connectivity index (χ1) is 11.7. The van der Waals surface area contributed by atoms with E-state index in [2.05, 4.69) is 27.9 Å². The molecule has 0 heterocycles. The number of hydrogen-bond acceptors (Lipinski definition) is 5. The number of halogens is 1. The summed E-state index contributed by atoms with van der Waals surface area (Å²) < 4.78 is 6.50. The summed E-state index contributed by atoms with van der Waals surface area (Å²) in [7, 11) is 0. The molecule has 0 radical (unpaired) electrons. The van der Waals surface area contributed by atoms with E-state index in [9.17, 15) is 20.0 Å². The second-order valence-corrected chi connectivity index (χ2v) is 6.97. The Hall–Kier alpha value is -2.20. The van der Waals surface area contributed by atoms with Crippen LogP contribution in [0.15, 0.2) is 42.5 Å². The monoisotopic (exact) mass is 456 g/mol. The first-order valence-electron chi connectivity index (χ1n) is 7.36. The van der Waals surface area contributed by atoms with E-state index in [1.54, 1.807) is 19.1 Å². The number of nitro benzene ring substituents is 1. The number of nitro groups is 1. The maximum absolute atomic E-state index is 12.3. The van der Waals surface area contributed by atoms with Gasteiger partial charge in [0.1, 0.15) is 12.4 Å². The van der Waals surface area contributed by atoms with Gasteiger partial charge in [-0.25, -0.2) is 0 Å². The van der Waals surface area contributed by atoms with Gasteiger partial charge in [0.2, 0.25) is 0 Å². The predicted octanol–water partition coefficient (Wildman–Crippen LogP) is 3.28. The van der Waals surface area contributed by atoms with Gasteiger partial charge in [0, 0.05) is 20.9 Å². The Morgan fingerprint density at radius 2 is 1.96 bits per heavy atom. The maximum Gasteiger partial charge on any atom is 0.272 e. The minimum absolute atomic E-state index is 0.0354. The molecule has 25 heavy (non-hydrogen) atoms. The van der Waals surface area contributed by atoms with E-state index in [1.165, 1.54) is 25.1 Å². The lowest BCUT2D eigenvalue weighted by Crippen LogP contribution is -2.45. The van der Waals surface area contributed by atoms with Gasteiger partial charge in [-0.15, -0.1) is 0 Å². The fraction of sp³-hybridized carbons (Fsp3) is 0.235. The van der Waals surface area contributed by atoms with Crippen molar-refractivity contribution in [2.45, 2.75) is 19.4 Å². The number of ether oxygens (including phenoxy) is 1. The van der Waals surface area contributed by atoms with E-state index in [4.69, 9.17) is 4.74 Å². The van der Waals surface area contributed by atoms with Crippen molar-refractivity contribution in [1.29, 1.82) is 0 Å². The van der Waals surface area contributed by atoms with E-state index < -0.39 is 16.4 Å². The van der Waals surface area contributed by atoms with Crippen LogP contribution in [0, 0.1) is 20.6 Å². The number of rotatable bonds is 6. The van der Waals surface area contributed by atoms with Crippen LogP contribution in [0.25, 0.3) is 0 Å². The molecule has 1 amide bonds. The second kappa shape index (κ2) is 7.79. The molecule has 2 N–H and O–H groups in total. The normalized spacial score (nSPS) is 13.0. The van der Waals surface area contributed by atoms with Crippen molar-refractivity contribution in [1.82, 2.24) is 0 Å². The molecule has 0 saturated carbocycles. The van der Waals surface area contributed by atoms with Crippen LogP contribution in [0.5, 0.6) is 5.75 Å². The minimum Gasteiger partial charge on any atom is -0.490 e. The van der Waals surface area contributed by atoms with Crippen LogP contribution in [0.4, 0.5) is 11.4 Å². The summed E-state index contributed by atoms with van der Waals surface area (Å²) in [6.45, 7) is 2.69. The molecule has 1 atom stereocenters. The third-order valence-electron chi connectivity index (χ3n) is 3.47. The zero-order valence-corrected chi connectivity index (χ0v) is 15.8. The van der Waals surface area contributed by atoms with Gasteiger partial charge in [-0.3, -0.25) is 14.9 Å². The molecule has 7 nitrogen and oxygen atoms in total. The molecule has 0 spiro atoms. The van der Waals surface area contributed by atoms with Crippen molar-refractivity contribution in [2.75, 3.05) is 11.9 Å². The summed E-state index contributed by atoms with van der Waals surface area (Å²) in [5.74, 6) is -0.120. The molecule has 0 aliphatic heterocycles. The zero-order valence-electron chi connectivity index (χ0n) is 13.7. The van der Waals surface area contributed by atoms with Gasteiger partial charge in [0.25, 0.3) is 11.6 Å². The SMILES string of the molecule is Cc1cc(NC(=O)[C@@](C)(O)COc2ccc(I)cc2)ccc1[N+](=O)[O-]. The number of nitrogens with one attached hydrogen (secondary N) is 1. The van der Waals surface area contributed by atoms with E-state index >= 15 is 0 Å². The van der Waals surface area contributed by atoms with Crippen molar-refractivity contribution in [3.8, 4) is 5.75 Å². The molecule has 0 aliphatic carbocycles. The topological polar surface area (TPSA) is 102 Å². The van der Waals surface area contributed by atoms with E-state index in [0.717, 1.165) is 3.57 Å². The van der Waals surface area contributed by atoms with E-state index in [1.807, 2.05) is 12.1 Å². The van der Waals surface area contributed by atoms with Gasteiger partial charge < -0.3 is 15.2 Å². The average Bonchev–Trinajstić information content (AvgIpc) is 2.54. The number of aliphatic hydroxyl groups is 1. The molecular formula is C17H17IN2O5. The van der Waals surface area contributed by atoms with Crippen molar-refractivity contribution < 1.29 is 19.6 Å². The summed E-state index contributed by atoms with van der Waals surface area (Å²) in [4.78, 5) is 22.6. The number of carbonyl (C=O) groups excluding carboxylic acids is 1. The Morgan fingerprint density at radius 3 is 2.52 bits per heavy atom. The molecule has 0 aliphatic rings. The third kappa shape index (κ3) is 5.13. The molecule has 2 aromatic carbocycles. The van der Waals surface area contributed by atoms with Gasteiger partial charge in [-0.2, -0.15) is 0 Å². The zero-order chi connectivity index (χ0) is 18.6. The minimum atomic E-state index is -1.77. The molecule has 0 aromatic heterocycles.